The molecule has 0 radical (unpaired) electrons. The summed E-state index contributed by atoms with van der Waals surface area (Å²) in [6.07, 6.45) is 0.456. The number of hydrogen-bond acceptors (Lipinski definition) is 0. The minimum atomic E-state index is -4.14. The Morgan fingerprint density at radius 3 is 2.38 bits per heavy atom. The predicted octanol–water partition coefficient (Wildman–Crippen LogP) is 5.05. The maximum atomic E-state index is 12.8. The van der Waals surface area contributed by atoms with Crippen LogP contribution >= 0.6 is 22.9 Å². The largest absolute Gasteiger partial charge is 0.600 e. The van der Waals surface area contributed by atoms with E-state index in [1.165, 1.54) is 0 Å². The van der Waals surface area contributed by atoms with Gasteiger partial charge >= 0.3 is 5.51 Å². The summed E-state index contributed by atoms with van der Waals surface area (Å²) in [5.74, 6) is 0. The van der Waals surface area contributed by atoms with Gasteiger partial charge in [0.15, 0.2) is 9.58 Å². The van der Waals surface area contributed by atoms with Crippen LogP contribution in [0, 0.1) is 0 Å². The van der Waals surface area contributed by atoms with Gasteiger partial charge in [-0.1, -0.05) is 19.1 Å². The van der Waals surface area contributed by atoms with Gasteiger partial charge in [-0.15, -0.1) is 25.6 Å². The Bertz CT molecular complexity index is 487. The summed E-state index contributed by atoms with van der Waals surface area (Å²) in [5.41, 5.74) is -4.14. The minimum absolute atomic E-state index is 0. The lowest BCUT2D eigenvalue weighted by molar-refractivity contribution is -0.0867. The Kier molecular flexibility index (Phi) is 3.86. The smallest absolute Gasteiger partial charge is 0.147 e. The second-order valence-electron chi connectivity index (χ2n) is 3.25. The van der Waals surface area contributed by atoms with Crippen molar-refractivity contribution < 1.29 is 13.2 Å². The molecule has 1 heterocycles. The lowest BCUT2D eigenvalue weighted by Gasteiger charge is -1.97. The molecule has 88 valence electrons. The van der Waals surface area contributed by atoms with Crippen LogP contribution in [0.15, 0.2) is 30.3 Å². The maximum Gasteiger partial charge on any atom is 0.600 e. The highest BCUT2D eigenvalue weighted by molar-refractivity contribution is 7.38. The molecule has 0 aliphatic rings. The van der Waals surface area contributed by atoms with E-state index in [0.717, 1.165) is 5.39 Å². The first-order chi connectivity index (χ1) is 7.04. The normalized spacial score (nSPS) is 12.6. The molecule has 0 saturated heterocycles. The minimum Gasteiger partial charge on any atom is -0.147 e. The van der Waals surface area contributed by atoms with Crippen LogP contribution in [0.1, 0.15) is 11.8 Å². The molecule has 0 spiro atoms. The topological polar surface area (TPSA) is 0 Å². The number of hydrogen-bond donors (Lipinski definition) is 0. The standard InChI is InChI=1S/C11H10F3S.ClH/c1-2-9-7-8-5-3-4-6-10(8)15(9)11(12,13)14;/h3-7H,2H2,1H3;1H/q+1;. The van der Waals surface area contributed by atoms with Crippen LogP contribution in [0.2, 0.25) is 0 Å². The summed E-state index contributed by atoms with van der Waals surface area (Å²) in [4.78, 5) is 0.490. The van der Waals surface area contributed by atoms with Crippen LogP contribution in [-0.2, 0) is 11.9 Å². The van der Waals surface area contributed by atoms with Crippen molar-refractivity contribution >= 4 is 33.0 Å². The molecule has 16 heavy (non-hydrogen) atoms. The van der Waals surface area contributed by atoms with Gasteiger partial charge in [0, 0.05) is 17.9 Å². The van der Waals surface area contributed by atoms with Crippen molar-refractivity contribution in [3.8, 4) is 0 Å². The number of benzene rings is 1. The van der Waals surface area contributed by atoms with E-state index >= 15 is 0 Å². The highest BCUT2D eigenvalue weighted by Crippen LogP contribution is 2.50. The maximum absolute atomic E-state index is 12.8. The van der Waals surface area contributed by atoms with E-state index < -0.39 is 16.0 Å². The van der Waals surface area contributed by atoms with Crippen molar-refractivity contribution in [1.82, 2.24) is 0 Å². The lowest BCUT2D eigenvalue weighted by atomic mass is 10.2. The first-order valence-corrected chi connectivity index (χ1v) is 5.87. The first kappa shape index (κ1) is 13.3. The van der Waals surface area contributed by atoms with Crippen molar-refractivity contribution in [3.63, 3.8) is 0 Å². The van der Waals surface area contributed by atoms with Gasteiger partial charge in [0.2, 0.25) is 0 Å². The third-order valence-corrected chi connectivity index (χ3v) is 4.50. The van der Waals surface area contributed by atoms with Crippen molar-refractivity contribution in [1.29, 1.82) is 0 Å². The Morgan fingerprint density at radius 2 is 1.81 bits per heavy atom. The monoisotopic (exact) mass is 267 g/mol. The number of alkyl halides is 3. The summed E-state index contributed by atoms with van der Waals surface area (Å²) in [5, 5.41) is 0.718. The van der Waals surface area contributed by atoms with E-state index in [0.29, 0.717) is 16.0 Å². The van der Waals surface area contributed by atoms with Gasteiger partial charge < -0.3 is 0 Å². The molecule has 0 bridgehead atoms. The molecule has 0 N–H and O–H groups in total. The van der Waals surface area contributed by atoms with E-state index in [1.54, 1.807) is 37.3 Å². The first-order valence-electron chi connectivity index (χ1n) is 4.64. The molecule has 0 fully saturated rings. The number of halogens is 4. The summed E-state index contributed by atoms with van der Waals surface area (Å²) < 4.78 is 39.0. The molecule has 5 heteroatoms. The molecular weight excluding hydrogens is 257 g/mol. The lowest BCUT2D eigenvalue weighted by Crippen LogP contribution is -1.97. The molecule has 0 amide bonds. The van der Waals surface area contributed by atoms with Gasteiger partial charge in [0.25, 0.3) is 0 Å². The summed E-state index contributed by atoms with van der Waals surface area (Å²) in [6, 6.07) is 8.42. The molecule has 1 atom stereocenters. The van der Waals surface area contributed by atoms with E-state index in [9.17, 15) is 13.2 Å². The van der Waals surface area contributed by atoms with E-state index in [2.05, 4.69) is 0 Å². The third-order valence-electron chi connectivity index (χ3n) is 2.30. The third kappa shape index (κ3) is 2.18. The molecule has 1 aromatic heterocycles. The average Bonchev–Trinajstić information content (AvgIpc) is 2.54. The van der Waals surface area contributed by atoms with Crippen LogP contribution < -0.4 is 0 Å². The van der Waals surface area contributed by atoms with E-state index in [-0.39, 0.29) is 12.4 Å². The van der Waals surface area contributed by atoms with Crippen LogP contribution in [0.4, 0.5) is 13.2 Å². The SMILES string of the molecule is CCc1cc2ccccc2[s+]1C(F)(F)F.Cl. The number of rotatable bonds is 1. The predicted molar refractivity (Wildman–Crippen MR) is 64.4 cm³/mol. The second-order valence-corrected chi connectivity index (χ2v) is 5.29. The molecule has 2 rings (SSSR count). The van der Waals surface area contributed by atoms with Crippen LogP contribution in [0.25, 0.3) is 10.1 Å². The van der Waals surface area contributed by atoms with Crippen LogP contribution in [-0.4, -0.2) is 0 Å². The molecule has 2 aromatic rings. The zero-order valence-corrected chi connectivity index (χ0v) is 10.2. The zero-order valence-electron chi connectivity index (χ0n) is 8.54. The zero-order chi connectivity index (χ0) is 11.1. The van der Waals surface area contributed by atoms with Gasteiger partial charge in [-0.3, -0.25) is 0 Å². The fourth-order valence-corrected chi connectivity index (χ4v) is 3.62. The van der Waals surface area contributed by atoms with Crippen molar-refractivity contribution in [3.05, 3.63) is 35.2 Å². The summed E-state index contributed by atoms with van der Waals surface area (Å²) in [6.45, 7) is 1.77. The van der Waals surface area contributed by atoms with Crippen LogP contribution in [0.3, 0.4) is 0 Å². The highest BCUT2D eigenvalue weighted by atomic mass is 35.5. The second kappa shape index (κ2) is 4.63. The molecule has 1 aromatic carbocycles. The molecule has 0 aliphatic heterocycles. The van der Waals surface area contributed by atoms with Crippen molar-refractivity contribution in [2.45, 2.75) is 18.9 Å². The molecule has 0 nitrogen and oxygen atoms in total. The quantitative estimate of drug-likeness (QED) is 0.634. The number of aryl methyl sites for hydroxylation is 1. The van der Waals surface area contributed by atoms with Gasteiger partial charge in [-0.05, 0) is 12.1 Å². The van der Waals surface area contributed by atoms with Gasteiger partial charge in [0.1, 0.15) is 0 Å². The van der Waals surface area contributed by atoms with Crippen LogP contribution in [0.5, 0.6) is 0 Å². The number of fused-ring (bicyclic) bond motifs is 1. The molecular formula is C11H11ClF3S+. The van der Waals surface area contributed by atoms with E-state index in [4.69, 9.17) is 0 Å². The Balaban J connectivity index is 0.00000128. The highest BCUT2D eigenvalue weighted by Gasteiger charge is 2.47. The molecule has 0 saturated carbocycles. The summed E-state index contributed by atoms with van der Waals surface area (Å²) >= 11 is 0. The van der Waals surface area contributed by atoms with Gasteiger partial charge in [-0.2, -0.15) is 0 Å². The Morgan fingerprint density at radius 1 is 1.19 bits per heavy atom. The molecule has 0 aliphatic carbocycles. The average molecular weight is 268 g/mol. The van der Waals surface area contributed by atoms with E-state index in [1.807, 2.05) is 0 Å². The van der Waals surface area contributed by atoms with Gasteiger partial charge in [-0.25, -0.2) is 0 Å². The Hall–Kier alpha value is -0.740. The van der Waals surface area contributed by atoms with Gasteiger partial charge in [0.05, 0.1) is 10.5 Å². The van der Waals surface area contributed by atoms with Crippen molar-refractivity contribution in [2.24, 2.45) is 0 Å². The molecule has 1 unspecified atom stereocenters. The fraction of sp³-hybridized carbons (Fsp3) is 0.273. The Labute approximate surface area is 100 Å². The number of thiophene rings is 1. The van der Waals surface area contributed by atoms with Crippen molar-refractivity contribution in [2.75, 3.05) is 0 Å². The summed E-state index contributed by atoms with van der Waals surface area (Å²) in [7, 11) is -1.70. The fourth-order valence-electron chi connectivity index (χ4n) is 1.68.